The first-order valence-corrected chi connectivity index (χ1v) is 9.60. The normalized spacial score (nSPS) is 19.9. The molecule has 3 aliphatic rings. The van der Waals surface area contributed by atoms with E-state index in [2.05, 4.69) is 23.7 Å². The number of benzene rings is 2. The Kier molecular flexibility index (Phi) is 4.23. The average Bonchev–Trinajstić information content (AvgIpc) is 3.26. The van der Waals surface area contributed by atoms with Crippen molar-refractivity contribution in [3.63, 3.8) is 0 Å². The number of ether oxygens (including phenoxy) is 2. The third-order valence-electron chi connectivity index (χ3n) is 5.75. The van der Waals surface area contributed by atoms with E-state index in [1.54, 1.807) is 12.1 Å². The second kappa shape index (κ2) is 6.78. The Balaban J connectivity index is 1.41. The lowest BCUT2D eigenvalue weighted by atomic mass is 9.80. The molecule has 1 fully saturated rings. The lowest BCUT2D eigenvalue weighted by molar-refractivity contribution is -0.0821. The number of fused-ring (bicyclic) bond motifs is 1. The van der Waals surface area contributed by atoms with Crippen molar-refractivity contribution in [3.8, 4) is 11.5 Å². The van der Waals surface area contributed by atoms with Gasteiger partial charge in [0.25, 0.3) is 0 Å². The summed E-state index contributed by atoms with van der Waals surface area (Å²) in [5.41, 5.74) is 6.90. The molecule has 1 heterocycles. The highest BCUT2D eigenvalue weighted by atomic mass is 19.3. The minimum atomic E-state index is -2.90. The first-order valence-electron chi connectivity index (χ1n) is 9.60. The van der Waals surface area contributed by atoms with Gasteiger partial charge in [-0.2, -0.15) is 8.78 Å². The summed E-state index contributed by atoms with van der Waals surface area (Å²) in [6, 6.07) is 13.2. The summed E-state index contributed by atoms with van der Waals surface area (Å²) >= 11 is 0. The molecule has 1 spiro atoms. The van der Waals surface area contributed by atoms with Gasteiger partial charge in [-0.05, 0) is 54.7 Å². The molecule has 6 heteroatoms. The second-order valence-electron chi connectivity index (χ2n) is 7.64. The Morgan fingerprint density at radius 3 is 2.39 bits per heavy atom. The van der Waals surface area contributed by atoms with Gasteiger partial charge in [-0.15, -0.1) is 0 Å². The minimum absolute atomic E-state index is 0.0487. The fourth-order valence-electron chi connectivity index (χ4n) is 4.13. The Morgan fingerprint density at radius 2 is 1.79 bits per heavy atom. The molecule has 0 bridgehead atoms. The van der Waals surface area contributed by atoms with Crippen molar-refractivity contribution in [2.45, 2.75) is 50.4 Å². The van der Waals surface area contributed by atoms with Crippen LogP contribution in [0.15, 0.2) is 48.5 Å². The average molecular weight is 385 g/mol. The van der Waals surface area contributed by atoms with Gasteiger partial charge in [0, 0.05) is 18.4 Å². The van der Waals surface area contributed by atoms with Gasteiger partial charge in [0.2, 0.25) is 0 Å². The Labute approximate surface area is 162 Å². The molecular formula is C22H21F2NO3. The third-order valence-corrected chi connectivity index (χ3v) is 5.75. The molecule has 2 aliphatic carbocycles. The number of hydrogen-bond donors (Lipinski definition) is 1. The van der Waals surface area contributed by atoms with Crippen molar-refractivity contribution in [1.82, 2.24) is 5.48 Å². The smallest absolute Gasteiger partial charge is 0.387 e. The van der Waals surface area contributed by atoms with Gasteiger partial charge in [0.15, 0.2) is 11.5 Å². The molecule has 0 unspecified atom stereocenters. The van der Waals surface area contributed by atoms with Crippen molar-refractivity contribution < 1.29 is 23.1 Å². The van der Waals surface area contributed by atoms with Crippen LogP contribution in [0, 0.1) is 0 Å². The lowest BCUT2D eigenvalue weighted by Crippen LogP contribution is -2.36. The summed E-state index contributed by atoms with van der Waals surface area (Å²) < 4.78 is 36.6. The van der Waals surface area contributed by atoms with Crippen LogP contribution in [0.1, 0.15) is 36.0 Å². The predicted molar refractivity (Wildman–Crippen MR) is 100 cm³/mol. The van der Waals surface area contributed by atoms with E-state index in [1.165, 1.54) is 17.2 Å². The first-order chi connectivity index (χ1) is 13.6. The molecule has 1 N–H and O–H groups in total. The van der Waals surface area contributed by atoms with Crippen LogP contribution in [0.3, 0.4) is 0 Å². The van der Waals surface area contributed by atoms with E-state index < -0.39 is 6.61 Å². The van der Waals surface area contributed by atoms with Crippen LogP contribution < -0.4 is 15.0 Å². The quantitative estimate of drug-likeness (QED) is 0.815. The Bertz CT molecular complexity index is 899. The van der Waals surface area contributed by atoms with E-state index >= 15 is 0 Å². The summed E-state index contributed by atoms with van der Waals surface area (Å²) in [4.78, 5) is 5.72. The first kappa shape index (κ1) is 17.5. The fourth-order valence-corrected chi connectivity index (χ4v) is 4.13. The van der Waals surface area contributed by atoms with Crippen LogP contribution in [0.2, 0.25) is 0 Å². The Hall–Kier alpha value is -2.60. The number of alkyl halides is 2. The number of halogens is 2. The van der Waals surface area contributed by atoms with Gasteiger partial charge in [-0.1, -0.05) is 24.3 Å². The molecule has 0 amide bonds. The van der Waals surface area contributed by atoms with Crippen molar-refractivity contribution in [1.29, 1.82) is 0 Å². The fraction of sp³-hybridized carbons (Fsp3) is 0.364. The highest BCUT2D eigenvalue weighted by Gasteiger charge is 2.41. The molecular weight excluding hydrogens is 364 g/mol. The monoisotopic (exact) mass is 385 g/mol. The van der Waals surface area contributed by atoms with Crippen molar-refractivity contribution in [2.24, 2.45) is 0 Å². The zero-order chi connectivity index (χ0) is 19.1. The molecule has 5 rings (SSSR count). The molecule has 4 nitrogen and oxygen atoms in total. The molecule has 28 heavy (non-hydrogen) atoms. The van der Waals surface area contributed by atoms with E-state index in [0.717, 1.165) is 43.4 Å². The van der Waals surface area contributed by atoms with Crippen LogP contribution in [0.4, 0.5) is 8.78 Å². The van der Waals surface area contributed by atoms with Crippen molar-refractivity contribution in [2.75, 3.05) is 0 Å². The largest absolute Gasteiger partial charge is 0.486 e. The van der Waals surface area contributed by atoms with Crippen LogP contribution in [-0.2, 0) is 17.7 Å². The predicted octanol–water partition coefficient (Wildman–Crippen LogP) is 4.63. The topological polar surface area (TPSA) is 39.7 Å². The highest BCUT2D eigenvalue weighted by Crippen LogP contribution is 2.43. The molecule has 0 radical (unpaired) electrons. The van der Waals surface area contributed by atoms with Gasteiger partial charge < -0.3 is 9.47 Å². The Morgan fingerprint density at radius 1 is 1.04 bits per heavy atom. The summed E-state index contributed by atoms with van der Waals surface area (Å²) in [5.74, 6) is 0.375. The van der Waals surface area contributed by atoms with Crippen LogP contribution in [0.25, 0.3) is 5.70 Å². The number of nitrogens with one attached hydrogen (secondary N) is 1. The lowest BCUT2D eigenvalue weighted by Gasteiger charge is -2.33. The van der Waals surface area contributed by atoms with Gasteiger partial charge in [-0.3, -0.25) is 10.3 Å². The summed E-state index contributed by atoms with van der Waals surface area (Å²) in [5, 5.41) is 0. The van der Waals surface area contributed by atoms with Gasteiger partial charge in [0.1, 0.15) is 11.7 Å². The summed E-state index contributed by atoms with van der Waals surface area (Å²) in [7, 11) is 0. The third kappa shape index (κ3) is 3.22. The van der Waals surface area contributed by atoms with Crippen LogP contribution in [0.5, 0.6) is 11.5 Å². The number of rotatable bonds is 5. The zero-order valence-electron chi connectivity index (χ0n) is 15.3. The molecule has 2 aromatic rings. The SMILES string of the molecule is FC(F)Oc1ccc(C2=CC3(CCC3)ON2)cc1OC1Cc2ccccc2C1. The molecule has 1 aliphatic heterocycles. The summed E-state index contributed by atoms with van der Waals surface area (Å²) in [6.07, 6.45) is 6.59. The summed E-state index contributed by atoms with van der Waals surface area (Å²) in [6.45, 7) is -2.90. The molecule has 0 saturated heterocycles. The number of hydrogen-bond acceptors (Lipinski definition) is 4. The van der Waals surface area contributed by atoms with Crippen molar-refractivity contribution >= 4 is 5.70 Å². The number of hydroxylamine groups is 1. The zero-order valence-corrected chi connectivity index (χ0v) is 15.3. The molecule has 1 saturated carbocycles. The molecule has 2 aromatic carbocycles. The molecule has 0 aromatic heterocycles. The molecule has 0 atom stereocenters. The second-order valence-corrected chi connectivity index (χ2v) is 7.64. The van der Waals surface area contributed by atoms with E-state index in [0.29, 0.717) is 5.75 Å². The van der Waals surface area contributed by atoms with Gasteiger partial charge >= 0.3 is 6.61 Å². The minimum Gasteiger partial charge on any atom is -0.486 e. The van der Waals surface area contributed by atoms with E-state index in [4.69, 9.17) is 14.3 Å². The maximum absolute atomic E-state index is 12.9. The van der Waals surface area contributed by atoms with E-state index in [9.17, 15) is 8.78 Å². The highest BCUT2D eigenvalue weighted by molar-refractivity contribution is 5.68. The van der Waals surface area contributed by atoms with Crippen molar-refractivity contribution in [3.05, 3.63) is 65.2 Å². The van der Waals surface area contributed by atoms with E-state index in [-0.39, 0.29) is 17.5 Å². The van der Waals surface area contributed by atoms with Crippen LogP contribution >= 0.6 is 0 Å². The van der Waals surface area contributed by atoms with E-state index in [1.807, 2.05) is 12.1 Å². The van der Waals surface area contributed by atoms with Gasteiger partial charge in [-0.25, -0.2) is 0 Å². The maximum atomic E-state index is 12.9. The standard InChI is InChI=1S/C22H21F2NO3/c23-21(24)27-19-7-6-16(18-13-22(28-25-18)8-3-9-22)12-20(19)26-17-10-14-4-1-2-5-15(14)11-17/h1-2,4-7,12-13,17,21,25H,3,8-11H2. The molecule has 146 valence electrons. The van der Waals surface area contributed by atoms with Gasteiger partial charge in [0.05, 0.1) is 5.70 Å². The maximum Gasteiger partial charge on any atom is 0.387 e. The van der Waals surface area contributed by atoms with Crippen LogP contribution in [-0.4, -0.2) is 18.3 Å².